The summed E-state index contributed by atoms with van der Waals surface area (Å²) >= 11 is 0. The molecule has 0 aromatic heterocycles. The topological polar surface area (TPSA) is 12.4 Å². The van der Waals surface area contributed by atoms with Crippen molar-refractivity contribution in [2.24, 2.45) is 4.99 Å². The molecule has 1 atom stereocenters. The Kier molecular flexibility index (Phi) is 8.43. The highest BCUT2D eigenvalue weighted by Crippen LogP contribution is 2.28. The van der Waals surface area contributed by atoms with E-state index in [0.29, 0.717) is 5.54 Å². The van der Waals surface area contributed by atoms with Gasteiger partial charge >= 0.3 is 0 Å². The summed E-state index contributed by atoms with van der Waals surface area (Å²) in [5, 5.41) is 0. The van der Waals surface area contributed by atoms with Gasteiger partial charge in [-0.05, 0) is 26.2 Å². The number of aliphatic imine (C=N–C) groups is 1. The lowest BCUT2D eigenvalue weighted by Crippen LogP contribution is -2.32. The average Bonchev–Trinajstić information content (AvgIpc) is 2.36. The zero-order valence-electron chi connectivity index (χ0n) is 14.3. The van der Waals surface area contributed by atoms with E-state index in [-0.39, 0.29) is 0 Å². The summed E-state index contributed by atoms with van der Waals surface area (Å²) in [6, 6.07) is 0. The van der Waals surface area contributed by atoms with Gasteiger partial charge in [0.25, 0.3) is 0 Å². The highest BCUT2D eigenvalue weighted by Gasteiger charge is 2.28. The highest BCUT2D eigenvalue weighted by molar-refractivity contribution is 6.81. The van der Waals surface area contributed by atoms with Crippen molar-refractivity contribution in [3.63, 3.8) is 0 Å². The van der Waals surface area contributed by atoms with E-state index in [9.17, 15) is 0 Å². The fourth-order valence-corrected chi connectivity index (χ4v) is 5.13. The summed E-state index contributed by atoms with van der Waals surface area (Å²) in [6.45, 7) is 10.7. The normalized spacial score (nSPS) is 21.9. The second-order valence-electron chi connectivity index (χ2n) is 7.32. The lowest BCUT2D eigenvalue weighted by molar-refractivity contribution is 0.568. The molecule has 0 saturated heterocycles. The Bertz CT molecular complexity index is 312. The van der Waals surface area contributed by atoms with E-state index in [0.717, 1.165) is 6.54 Å². The van der Waals surface area contributed by atoms with Crippen molar-refractivity contribution in [2.75, 3.05) is 6.54 Å². The Morgan fingerprint density at radius 2 is 1.45 bits per heavy atom. The summed E-state index contributed by atoms with van der Waals surface area (Å²) < 4.78 is 0. The maximum atomic E-state index is 5.04. The van der Waals surface area contributed by atoms with Crippen molar-refractivity contribution in [1.82, 2.24) is 0 Å². The fraction of sp³-hybridized carbons (Fsp3) is 0.833. The molecule has 1 aliphatic rings. The molecule has 0 aromatic carbocycles. The molecule has 0 fully saturated rings. The van der Waals surface area contributed by atoms with Crippen LogP contribution in [0.25, 0.3) is 0 Å². The van der Waals surface area contributed by atoms with Crippen molar-refractivity contribution in [2.45, 2.75) is 89.9 Å². The molecule has 1 unspecified atom stereocenters. The minimum absolute atomic E-state index is 0.649. The summed E-state index contributed by atoms with van der Waals surface area (Å²) in [4.78, 5) is 5.04. The van der Waals surface area contributed by atoms with Gasteiger partial charge in [0.1, 0.15) is 0 Å². The van der Waals surface area contributed by atoms with Crippen LogP contribution in [-0.4, -0.2) is 20.3 Å². The number of hydrogen-bond donors (Lipinski definition) is 0. The van der Waals surface area contributed by atoms with Gasteiger partial charge in [0, 0.05) is 17.8 Å². The van der Waals surface area contributed by atoms with E-state index in [1.54, 1.807) is 0 Å². The standard InChI is InChI=1S/C18H35NSi/c1-5-14-18(20(2,3)4)17-15-12-10-8-6-7-9-11-13-16-19-17/h5,14,18H,6-13,15-16H2,1-4H3/b14-5+,19-17?. The SMILES string of the molecule is C/C=C/C(C1=NCCCCCCCCCC1)[Si](C)(C)C. The third-order valence-electron chi connectivity index (χ3n) is 4.33. The minimum atomic E-state index is -1.20. The van der Waals surface area contributed by atoms with Crippen molar-refractivity contribution in [3.8, 4) is 0 Å². The molecule has 1 nitrogen and oxygen atoms in total. The Morgan fingerprint density at radius 3 is 2.00 bits per heavy atom. The minimum Gasteiger partial charge on any atom is -0.294 e. The number of nitrogens with zero attached hydrogens (tertiary/aromatic N) is 1. The van der Waals surface area contributed by atoms with E-state index in [1.807, 2.05) is 0 Å². The van der Waals surface area contributed by atoms with Gasteiger partial charge in [0.2, 0.25) is 0 Å². The first-order valence-electron chi connectivity index (χ1n) is 8.71. The Morgan fingerprint density at radius 1 is 0.900 bits per heavy atom. The lowest BCUT2D eigenvalue weighted by atomic mass is 10.0. The summed E-state index contributed by atoms with van der Waals surface area (Å²) in [5.74, 6) is 0. The van der Waals surface area contributed by atoms with Crippen LogP contribution in [0.1, 0.15) is 64.7 Å². The second kappa shape index (κ2) is 9.54. The highest BCUT2D eigenvalue weighted by atomic mass is 28.3. The van der Waals surface area contributed by atoms with Crippen molar-refractivity contribution in [1.29, 1.82) is 0 Å². The van der Waals surface area contributed by atoms with Crippen LogP contribution < -0.4 is 0 Å². The molecule has 2 heteroatoms. The molecule has 116 valence electrons. The molecule has 0 aromatic rings. The van der Waals surface area contributed by atoms with Crippen LogP contribution >= 0.6 is 0 Å². The molecule has 1 aliphatic heterocycles. The average molecular weight is 294 g/mol. The third kappa shape index (κ3) is 6.87. The molecule has 1 heterocycles. The molecular formula is C18H35NSi. The van der Waals surface area contributed by atoms with E-state index in [1.165, 1.54) is 63.5 Å². The summed E-state index contributed by atoms with van der Waals surface area (Å²) in [5.41, 5.74) is 2.17. The van der Waals surface area contributed by atoms with Gasteiger partial charge < -0.3 is 0 Å². The van der Waals surface area contributed by atoms with Crippen molar-refractivity contribution < 1.29 is 0 Å². The first-order valence-corrected chi connectivity index (χ1v) is 12.3. The molecule has 0 amide bonds. The molecule has 0 N–H and O–H groups in total. The largest absolute Gasteiger partial charge is 0.294 e. The van der Waals surface area contributed by atoms with Gasteiger partial charge in [0.05, 0.1) is 8.07 Å². The number of hydrogen-bond acceptors (Lipinski definition) is 1. The molecule has 0 spiro atoms. The van der Waals surface area contributed by atoms with Crippen LogP contribution in [0, 0.1) is 0 Å². The maximum Gasteiger partial charge on any atom is 0.0581 e. The molecule has 20 heavy (non-hydrogen) atoms. The van der Waals surface area contributed by atoms with E-state index in [2.05, 4.69) is 38.7 Å². The molecule has 1 rings (SSSR count). The van der Waals surface area contributed by atoms with Crippen LogP contribution in [-0.2, 0) is 0 Å². The van der Waals surface area contributed by atoms with E-state index >= 15 is 0 Å². The monoisotopic (exact) mass is 293 g/mol. The van der Waals surface area contributed by atoms with Gasteiger partial charge in [-0.1, -0.05) is 70.3 Å². The third-order valence-corrected chi connectivity index (χ3v) is 6.72. The zero-order chi connectivity index (χ0) is 14.8. The second-order valence-corrected chi connectivity index (χ2v) is 12.7. The molecule has 0 saturated carbocycles. The predicted octanol–water partition coefficient (Wildman–Crippen LogP) is 6.24. The van der Waals surface area contributed by atoms with Gasteiger partial charge in [-0.2, -0.15) is 0 Å². The van der Waals surface area contributed by atoms with Crippen molar-refractivity contribution in [3.05, 3.63) is 12.2 Å². The summed E-state index contributed by atoms with van der Waals surface area (Å²) in [6.07, 6.45) is 17.0. The fourth-order valence-electron chi connectivity index (χ4n) is 3.13. The van der Waals surface area contributed by atoms with Crippen LogP contribution in [0.4, 0.5) is 0 Å². The maximum absolute atomic E-state index is 5.04. The molecule has 0 aliphatic carbocycles. The van der Waals surface area contributed by atoms with E-state index < -0.39 is 8.07 Å². The van der Waals surface area contributed by atoms with Crippen LogP contribution in [0.3, 0.4) is 0 Å². The molecular weight excluding hydrogens is 258 g/mol. The lowest BCUT2D eigenvalue weighted by Gasteiger charge is -2.28. The first kappa shape index (κ1) is 17.7. The van der Waals surface area contributed by atoms with Gasteiger partial charge in [-0.15, -0.1) is 0 Å². The summed E-state index contributed by atoms with van der Waals surface area (Å²) in [7, 11) is -1.20. The Balaban J connectivity index is 2.77. The Labute approximate surface area is 128 Å². The first-order chi connectivity index (χ1) is 9.55. The van der Waals surface area contributed by atoms with E-state index in [4.69, 9.17) is 4.99 Å². The van der Waals surface area contributed by atoms with Crippen LogP contribution in [0.2, 0.25) is 25.2 Å². The van der Waals surface area contributed by atoms with Gasteiger partial charge in [-0.3, -0.25) is 4.99 Å². The quantitative estimate of drug-likeness (QED) is 0.431. The Hall–Kier alpha value is -0.373. The van der Waals surface area contributed by atoms with Crippen molar-refractivity contribution >= 4 is 13.8 Å². The van der Waals surface area contributed by atoms with Crippen LogP contribution in [0.15, 0.2) is 17.1 Å². The molecule has 0 radical (unpaired) electrons. The van der Waals surface area contributed by atoms with Gasteiger partial charge in [-0.25, -0.2) is 0 Å². The number of rotatable bonds is 3. The number of allylic oxidation sites excluding steroid dienone is 2. The predicted molar refractivity (Wildman–Crippen MR) is 95.8 cm³/mol. The molecule has 0 bridgehead atoms. The van der Waals surface area contributed by atoms with Gasteiger partial charge in [0.15, 0.2) is 0 Å². The smallest absolute Gasteiger partial charge is 0.0581 e. The zero-order valence-corrected chi connectivity index (χ0v) is 15.3. The van der Waals surface area contributed by atoms with Crippen LogP contribution in [0.5, 0.6) is 0 Å².